The molecule has 116 valence electrons. The summed E-state index contributed by atoms with van der Waals surface area (Å²) in [7, 11) is 0. The maximum Gasteiger partial charge on any atom is 0.326 e. The van der Waals surface area contributed by atoms with Gasteiger partial charge in [-0.1, -0.05) is 6.07 Å². The highest BCUT2D eigenvalue weighted by Crippen LogP contribution is 2.31. The van der Waals surface area contributed by atoms with Crippen molar-refractivity contribution in [2.24, 2.45) is 0 Å². The van der Waals surface area contributed by atoms with Crippen LogP contribution in [0.5, 0.6) is 0 Å². The van der Waals surface area contributed by atoms with Gasteiger partial charge in [-0.3, -0.25) is 4.79 Å². The Bertz CT molecular complexity index is 759. The molecule has 0 spiro atoms. The van der Waals surface area contributed by atoms with E-state index in [1.165, 1.54) is 4.90 Å². The van der Waals surface area contributed by atoms with Gasteiger partial charge < -0.3 is 15.0 Å². The molecule has 1 saturated carbocycles. The third-order valence-corrected chi connectivity index (χ3v) is 4.27. The number of carbonyl (C=O) groups is 2. The lowest BCUT2D eigenvalue weighted by Gasteiger charge is -2.25. The monoisotopic (exact) mass is 300 g/mol. The molecule has 0 radical (unpaired) electrons. The number of H-pyrrole nitrogens is 1. The Morgan fingerprint density at radius 3 is 2.55 bits per heavy atom. The summed E-state index contributed by atoms with van der Waals surface area (Å²) in [5.41, 5.74) is 3.61. The van der Waals surface area contributed by atoms with E-state index in [-0.39, 0.29) is 11.9 Å². The number of benzene rings is 1. The summed E-state index contributed by atoms with van der Waals surface area (Å²) >= 11 is 0. The summed E-state index contributed by atoms with van der Waals surface area (Å²) in [5, 5.41) is 10.2. The molecule has 5 nitrogen and oxygen atoms in total. The molecule has 1 fully saturated rings. The van der Waals surface area contributed by atoms with Gasteiger partial charge in [0.05, 0.1) is 0 Å². The van der Waals surface area contributed by atoms with Crippen LogP contribution in [0.15, 0.2) is 18.2 Å². The average molecular weight is 300 g/mol. The largest absolute Gasteiger partial charge is 0.480 e. The molecule has 1 aromatic heterocycles. The Hall–Kier alpha value is -2.30. The fourth-order valence-electron chi connectivity index (χ4n) is 2.98. The Morgan fingerprint density at radius 1 is 1.27 bits per heavy atom. The van der Waals surface area contributed by atoms with Gasteiger partial charge in [0.25, 0.3) is 5.91 Å². The molecule has 0 aliphatic heterocycles. The number of amides is 1. The lowest BCUT2D eigenvalue weighted by molar-refractivity contribution is -0.141. The van der Waals surface area contributed by atoms with E-state index in [4.69, 9.17) is 0 Å². The zero-order valence-corrected chi connectivity index (χ0v) is 13.0. The van der Waals surface area contributed by atoms with Crippen LogP contribution < -0.4 is 0 Å². The number of rotatable bonds is 4. The minimum Gasteiger partial charge on any atom is -0.480 e. The quantitative estimate of drug-likeness (QED) is 0.912. The number of aromatic nitrogens is 1. The summed E-state index contributed by atoms with van der Waals surface area (Å²) in [6.07, 6.45) is 1.75. The van der Waals surface area contributed by atoms with Crippen molar-refractivity contribution in [2.75, 3.05) is 0 Å². The van der Waals surface area contributed by atoms with E-state index in [0.717, 1.165) is 34.9 Å². The van der Waals surface area contributed by atoms with E-state index < -0.39 is 12.0 Å². The lowest BCUT2D eigenvalue weighted by atomic mass is 10.1. The van der Waals surface area contributed by atoms with Crippen molar-refractivity contribution in [3.8, 4) is 0 Å². The molecule has 1 atom stereocenters. The van der Waals surface area contributed by atoms with E-state index >= 15 is 0 Å². The number of hydrogen-bond donors (Lipinski definition) is 2. The van der Waals surface area contributed by atoms with Crippen LogP contribution in [0.4, 0.5) is 0 Å². The average Bonchev–Trinajstić information content (AvgIpc) is 3.17. The van der Waals surface area contributed by atoms with E-state index in [1.54, 1.807) is 6.92 Å². The van der Waals surface area contributed by atoms with Gasteiger partial charge in [-0.15, -0.1) is 0 Å². The molecule has 1 amide bonds. The molecule has 1 aliphatic rings. The number of aliphatic carboxylic acids is 1. The van der Waals surface area contributed by atoms with Gasteiger partial charge in [0, 0.05) is 16.9 Å². The molecule has 1 aliphatic carbocycles. The van der Waals surface area contributed by atoms with Crippen LogP contribution >= 0.6 is 0 Å². The molecule has 22 heavy (non-hydrogen) atoms. The third-order valence-electron chi connectivity index (χ3n) is 4.27. The van der Waals surface area contributed by atoms with Gasteiger partial charge in [-0.25, -0.2) is 4.79 Å². The number of fused-ring (bicyclic) bond motifs is 1. The molecule has 3 rings (SSSR count). The van der Waals surface area contributed by atoms with E-state index in [0.29, 0.717) is 5.69 Å². The van der Waals surface area contributed by atoms with E-state index in [1.807, 2.05) is 26.0 Å². The maximum absolute atomic E-state index is 12.8. The summed E-state index contributed by atoms with van der Waals surface area (Å²) in [6.45, 7) is 5.59. The van der Waals surface area contributed by atoms with Crippen molar-refractivity contribution >= 4 is 22.8 Å². The van der Waals surface area contributed by atoms with Crippen molar-refractivity contribution in [3.05, 3.63) is 35.0 Å². The van der Waals surface area contributed by atoms with Gasteiger partial charge in [0.15, 0.2) is 0 Å². The topological polar surface area (TPSA) is 73.4 Å². The molecule has 0 bridgehead atoms. The van der Waals surface area contributed by atoms with Crippen LogP contribution in [0.25, 0.3) is 10.9 Å². The highest BCUT2D eigenvalue weighted by atomic mass is 16.4. The minimum atomic E-state index is -0.969. The second-order valence-electron chi connectivity index (χ2n) is 6.18. The van der Waals surface area contributed by atoms with Crippen LogP contribution in [-0.2, 0) is 4.79 Å². The first-order chi connectivity index (χ1) is 10.4. The van der Waals surface area contributed by atoms with Crippen LogP contribution in [0.1, 0.15) is 41.4 Å². The third kappa shape index (κ3) is 2.47. The smallest absolute Gasteiger partial charge is 0.326 e. The predicted octanol–water partition coefficient (Wildman–Crippen LogP) is 2.86. The molecule has 5 heteroatoms. The minimum absolute atomic E-state index is 0.0489. The van der Waals surface area contributed by atoms with Crippen molar-refractivity contribution in [1.82, 2.24) is 9.88 Å². The van der Waals surface area contributed by atoms with Gasteiger partial charge in [-0.05, 0) is 56.9 Å². The number of nitrogens with zero attached hydrogens (tertiary/aromatic N) is 1. The maximum atomic E-state index is 12.8. The van der Waals surface area contributed by atoms with Crippen LogP contribution in [-0.4, -0.2) is 39.0 Å². The molecular formula is C17H20N2O3. The first-order valence-corrected chi connectivity index (χ1v) is 7.54. The lowest BCUT2D eigenvalue weighted by Crippen LogP contribution is -2.44. The molecule has 2 aromatic rings. The highest BCUT2D eigenvalue weighted by molar-refractivity contribution is 6.00. The SMILES string of the molecule is Cc1cc(C)c2cc(C(=O)N(C3CC3)C(C)C(=O)O)[nH]c2c1. The number of hydrogen-bond acceptors (Lipinski definition) is 2. The molecular weight excluding hydrogens is 280 g/mol. The van der Waals surface area contributed by atoms with Crippen molar-refractivity contribution in [2.45, 2.75) is 45.7 Å². The Labute approximate surface area is 128 Å². The van der Waals surface area contributed by atoms with Crippen LogP contribution in [0, 0.1) is 13.8 Å². The Balaban J connectivity index is 2.00. The Morgan fingerprint density at radius 2 is 1.95 bits per heavy atom. The van der Waals surface area contributed by atoms with Crippen LogP contribution in [0.3, 0.4) is 0 Å². The number of nitrogens with one attached hydrogen (secondary N) is 1. The van der Waals surface area contributed by atoms with Gasteiger partial charge >= 0.3 is 5.97 Å². The zero-order valence-electron chi connectivity index (χ0n) is 13.0. The second-order valence-corrected chi connectivity index (χ2v) is 6.18. The summed E-state index contributed by atoms with van der Waals surface area (Å²) in [4.78, 5) is 28.7. The number of carboxylic acids is 1. The number of carboxylic acid groups (broad SMARTS) is 1. The van der Waals surface area contributed by atoms with Gasteiger partial charge in [-0.2, -0.15) is 0 Å². The first-order valence-electron chi connectivity index (χ1n) is 7.54. The van der Waals surface area contributed by atoms with Crippen molar-refractivity contribution in [3.63, 3.8) is 0 Å². The molecule has 1 heterocycles. The Kier molecular flexibility index (Phi) is 3.43. The second kappa shape index (κ2) is 5.16. The number of carbonyl (C=O) groups excluding carboxylic acids is 1. The first kappa shape index (κ1) is 14.6. The summed E-state index contributed by atoms with van der Waals surface area (Å²) < 4.78 is 0. The van der Waals surface area contributed by atoms with E-state index in [2.05, 4.69) is 11.1 Å². The highest BCUT2D eigenvalue weighted by Gasteiger charge is 2.39. The molecule has 0 saturated heterocycles. The fraction of sp³-hybridized carbons (Fsp3) is 0.412. The number of aryl methyl sites for hydroxylation is 2. The van der Waals surface area contributed by atoms with Crippen LogP contribution in [0.2, 0.25) is 0 Å². The fourth-order valence-corrected chi connectivity index (χ4v) is 2.98. The van der Waals surface area contributed by atoms with Crippen molar-refractivity contribution < 1.29 is 14.7 Å². The predicted molar refractivity (Wildman–Crippen MR) is 84.1 cm³/mol. The standard InChI is InChI=1S/C17H20N2O3/c1-9-6-10(2)13-8-15(18-14(13)7-9)16(20)19(12-4-5-12)11(3)17(21)22/h6-8,11-12,18H,4-5H2,1-3H3,(H,21,22). The van der Waals surface area contributed by atoms with Crippen molar-refractivity contribution in [1.29, 1.82) is 0 Å². The zero-order chi connectivity index (χ0) is 16.0. The number of aromatic amines is 1. The normalized spacial score (nSPS) is 15.8. The summed E-state index contributed by atoms with van der Waals surface area (Å²) in [6, 6.07) is 5.14. The van der Waals surface area contributed by atoms with Gasteiger partial charge in [0.1, 0.15) is 11.7 Å². The molecule has 1 aromatic carbocycles. The van der Waals surface area contributed by atoms with E-state index in [9.17, 15) is 14.7 Å². The molecule has 2 N–H and O–H groups in total. The molecule has 1 unspecified atom stereocenters. The summed E-state index contributed by atoms with van der Waals surface area (Å²) in [5.74, 6) is -1.20. The van der Waals surface area contributed by atoms with Gasteiger partial charge in [0.2, 0.25) is 0 Å².